The first-order valence-corrected chi connectivity index (χ1v) is 8.48. The lowest BCUT2D eigenvalue weighted by atomic mass is 9.96. The van der Waals surface area contributed by atoms with E-state index >= 15 is 0 Å². The SMILES string of the molecule is CCC1CNC(CC(C)C)CN1C(C)c1cc(C)oc1C. The standard InChI is InChI=1S/C18H32N2O/c1-7-17-10-19-16(8-12(2)3)11-20(17)14(5)18-9-13(4)21-15(18)6/h9,12,14,16-17,19H,7-8,10-11H2,1-6H3. The van der Waals surface area contributed by atoms with Crippen molar-refractivity contribution in [3.05, 3.63) is 23.2 Å². The zero-order valence-corrected chi connectivity index (χ0v) is 14.6. The lowest BCUT2D eigenvalue weighted by Crippen LogP contribution is -2.57. The molecular formula is C18H32N2O. The molecule has 2 heterocycles. The Hall–Kier alpha value is -0.800. The fraction of sp³-hybridized carbons (Fsp3) is 0.778. The highest BCUT2D eigenvalue weighted by atomic mass is 16.3. The minimum atomic E-state index is 0.434. The first kappa shape index (κ1) is 16.6. The lowest BCUT2D eigenvalue weighted by Gasteiger charge is -2.44. The van der Waals surface area contributed by atoms with Crippen LogP contribution in [0.3, 0.4) is 0 Å². The third kappa shape index (κ3) is 3.89. The molecule has 2 rings (SSSR count). The lowest BCUT2D eigenvalue weighted by molar-refractivity contribution is 0.0797. The van der Waals surface area contributed by atoms with Crippen LogP contribution < -0.4 is 5.32 Å². The number of nitrogens with one attached hydrogen (secondary N) is 1. The minimum Gasteiger partial charge on any atom is -0.466 e. The van der Waals surface area contributed by atoms with Crippen molar-refractivity contribution < 1.29 is 4.42 Å². The Morgan fingerprint density at radius 1 is 1.33 bits per heavy atom. The summed E-state index contributed by atoms with van der Waals surface area (Å²) in [5.41, 5.74) is 1.36. The van der Waals surface area contributed by atoms with E-state index in [1.54, 1.807) is 0 Å². The monoisotopic (exact) mass is 292 g/mol. The molecular weight excluding hydrogens is 260 g/mol. The van der Waals surface area contributed by atoms with Crippen LogP contribution in [0.5, 0.6) is 0 Å². The van der Waals surface area contributed by atoms with Gasteiger partial charge in [0.25, 0.3) is 0 Å². The molecule has 1 aromatic rings. The van der Waals surface area contributed by atoms with Crippen molar-refractivity contribution in [3.63, 3.8) is 0 Å². The van der Waals surface area contributed by atoms with Crippen LogP contribution in [0.2, 0.25) is 0 Å². The molecule has 0 saturated carbocycles. The van der Waals surface area contributed by atoms with E-state index in [2.05, 4.69) is 50.9 Å². The van der Waals surface area contributed by atoms with E-state index in [-0.39, 0.29) is 0 Å². The van der Waals surface area contributed by atoms with Crippen molar-refractivity contribution in [1.82, 2.24) is 10.2 Å². The molecule has 3 heteroatoms. The highest BCUT2D eigenvalue weighted by molar-refractivity contribution is 5.24. The molecule has 0 aromatic carbocycles. The molecule has 3 unspecified atom stereocenters. The summed E-state index contributed by atoms with van der Waals surface area (Å²) >= 11 is 0. The smallest absolute Gasteiger partial charge is 0.105 e. The van der Waals surface area contributed by atoms with Gasteiger partial charge in [0.2, 0.25) is 0 Å². The second-order valence-electron chi connectivity index (χ2n) is 7.04. The Morgan fingerprint density at radius 2 is 2.05 bits per heavy atom. The first-order valence-electron chi connectivity index (χ1n) is 8.48. The van der Waals surface area contributed by atoms with Gasteiger partial charge in [0.1, 0.15) is 11.5 Å². The molecule has 0 bridgehead atoms. The van der Waals surface area contributed by atoms with Gasteiger partial charge in [-0.3, -0.25) is 4.90 Å². The maximum absolute atomic E-state index is 5.74. The predicted octanol–water partition coefficient (Wildman–Crippen LogP) is 4.06. The van der Waals surface area contributed by atoms with E-state index in [0.29, 0.717) is 18.1 Å². The Bertz CT molecular complexity index is 452. The molecule has 1 aliphatic rings. The highest BCUT2D eigenvalue weighted by Crippen LogP contribution is 2.30. The van der Waals surface area contributed by atoms with Gasteiger partial charge in [0.05, 0.1) is 0 Å². The van der Waals surface area contributed by atoms with Crippen LogP contribution in [-0.4, -0.2) is 30.1 Å². The van der Waals surface area contributed by atoms with Gasteiger partial charge in [-0.25, -0.2) is 0 Å². The van der Waals surface area contributed by atoms with Crippen LogP contribution >= 0.6 is 0 Å². The Labute approximate surface area is 130 Å². The molecule has 1 fully saturated rings. The van der Waals surface area contributed by atoms with Gasteiger partial charge >= 0.3 is 0 Å². The molecule has 0 spiro atoms. The molecule has 1 saturated heterocycles. The van der Waals surface area contributed by atoms with Crippen molar-refractivity contribution in [2.45, 2.75) is 72.5 Å². The third-order valence-electron chi connectivity index (χ3n) is 4.80. The number of nitrogens with zero attached hydrogens (tertiary/aromatic N) is 1. The molecule has 0 amide bonds. The second kappa shape index (κ2) is 6.97. The van der Waals surface area contributed by atoms with Crippen LogP contribution in [-0.2, 0) is 0 Å². The number of hydrogen-bond donors (Lipinski definition) is 1. The summed E-state index contributed by atoms with van der Waals surface area (Å²) in [7, 11) is 0. The summed E-state index contributed by atoms with van der Waals surface area (Å²) in [6, 6.07) is 3.89. The van der Waals surface area contributed by atoms with Crippen molar-refractivity contribution in [2.75, 3.05) is 13.1 Å². The molecule has 1 aliphatic heterocycles. The molecule has 1 N–H and O–H groups in total. The van der Waals surface area contributed by atoms with Gasteiger partial charge in [0.15, 0.2) is 0 Å². The average Bonchev–Trinajstić information content (AvgIpc) is 2.76. The van der Waals surface area contributed by atoms with E-state index in [4.69, 9.17) is 4.42 Å². The van der Waals surface area contributed by atoms with Crippen LogP contribution in [0.1, 0.15) is 63.7 Å². The number of furan rings is 1. The van der Waals surface area contributed by atoms with E-state index in [1.165, 1.54) is 18.4 Å². The first-order chi connectivity index (χ1) is 9.92. The van der Waals surface area contributed by atoms with Crippen molar-refractivity contribution in [2.24, 2.45) is 5.92 Å². The van der Waals surface area contributed by atoms with Crippen LogP contribution in [0, 0.1) is 19.8 Å². The van der Waals surface area contributed by atoms with Crippen LogP contribution in [0.25, 0.3) is 0 Å². The van der Waals surface area contributed by atoms with Gasteiger partial charge in [-0.15, -0.1) is 0 Å². The molecule has 1 aromatic heterocycles. The molecule has 120 valence electrons. The summed E-state index contributed by atoms with van der Waals surface area (Å²) in [5, 5.41) is 3.74. The summed E-state index contributed by atoms with van der Waals surface area (Å²) in [4.78, 5) is 2.68. The zero-order valence-electron chi connectivity index (χ0n) is 14.6. The van der Waals surface area contributed by atoms with Gasteiger partial charge in [-0.05, 0) is 45.6 Å². The number of aryl methyl sites for hydroxylation is 2. The molecule has 3 atom stereocenters. The zero-order chi connectivity index (χ0) is 15.6. The summed E-state index contributed by atoms with van der Waals surface area (Å²) in [6.07, 6.45) is 2.45. The summed E-state index contributed by atoms with van der Waals surface area (Å²) < 4.78 is 5.74. The number of piperazine rings is 1. The molecule has 0 aliphatic carbocycles. The third-order valence-corrected chi connectivity index (χ3v) is 4.80. The minimum absolute atomic E-state index is 0.434. The summed E-state index contributed by atoms with van der Waals surface area (Å²) in [6.45, 7) is 15.6. The van der Waals surface area contributed by atoms with Crippen LogP contribution in [0.4, 0.5) is 0 Å². The molecule has 0 radical (unpaired) electrons. The second-order valence-corrected chi connectivity index (χ2v) is 7.04. The Morgan fingerprint density at radius 3 is 2.57 bits per heavy atom. The van der Waals surface area contributed by atoms with E-state index in [9.17, 15) is 0 Å². The van der Waals surface area contributed by atoms with Gasteiger partial charge in [0, 0.05) is 36.8 Å². The highest BCUT2D eigenvalue weighted by Gasteiger charge is 2.32. The Kier molecular flexibility index (Phi) is 5.50. The average molecular weight is 292 g/mol. The normalized spacial score (nSPS) is 25.5. The van der Waals surface area contributed by atoms with Crippen molar-refractivity contribution in [3.8, 4) is 0 Å². The van der Waals surface area contributed by atoms with E-state index in [1.807, 2.05) is 6.92 Å². The Balaban J connectivity index is 2.14. The fourth-order valence-electron chi connectivity index (χ4n) is 3.71. The number of rotatable bonds is 5. The maximum Gasteiger partial charge on any atom is 0.105 e. The van der Waals surface area contributed by atoms with Crippen molar-refractivity contribution in [1.29, 1.82) is 0 Å². The molecule has 21 heavy (non-hydrogen) atoms. The van der Waals surface area contributed by atoms with E-state index in [0.717, 1.165) is 30.5 Å². The van der Waals surface area contributed by atoms with Gasteiger partial charge in [-0.1, -0.05) is 20.8 Å². The summed E-state index contributed by atoms with van der Waals surface area (Å²) in [5.74, 6) is 2.85. The topological polar surface area (TPSA) is 28.4 Å². The van der Waals surface area contributed by atoms with Crippen LogP contribution in [0.15, 0.2) is 10.5 Å². The van der Waals surface area contributed by atoms with E-state index < -0.39 is 0 Å². The number of hydrogen-bond acceptors (Lipinski definition) is 3. The van der Waals surface area contributed by atoms with Gasteiger partial charge in [-0.2, -0.15) is 0 Å². The maximum atomic E-state index is 5.74. The quantitative estimate of drug-likeness (QED) is 0.887. The van der Waals surface area contributed by atoms with Crippen molar-refractivity contribution >= 4 is 0 Å². The molecule has 3 nitrogen and oxygen atoms in total. The van der Waals surface area contributed by atoms with Gasteiger partial charge < -0.3 is 9.73 Å². The predicted molar refractivity (Wildman–Crippen MR) is 88.6 cm³/mol. The fourth-order valence-corrected chi connectivity index (χ4v) is 3.71. The largest absolute Gasteiger partial charge is 0.466 e.